The van der Waals surface area contributed by atoms with E-state index >= 15 is 0 Å². The molecule has 0 saturated carbocycles. The van der Waals surface area contributed by atoms with E-state index in [1.807, 2.05) is 36.4 Å². The lowest BCUT2D eigenvalue weighted by Gasteiger charge is -2.23. The highest BCUT2D eigenvalue weighted by atomic mass is 16.5. The van der Waals surface area contributed by atoms with E-state index in [0.717, 1.165) is 49.2 Å². The molecule has 3 rings (SSSR count). The van der Waals surface area contributed by atoms with Gasteiger partial charge in [-0.15, -0.1) is 0 Å². The molecule has 1 aliphatic rings. The number of nitrogens with one attached hydrogen (secondary N) is 1. The van der Waals surface area contributed by atoms with Crippen molar-refractivity contribution in [2.75, 3.05) is 29.9 Å². The van der Waals surface area contributed by atoms with Crippen molar-refractivity contribution < 1.29 is 4.74 Å². The van der Waals surface area contributed by atoms with Gasteiger partial charge in [0.2, 0.25) is 0 Å². The minimum atomic E-state index is 0.750. The zero-order valence-electron chi connectivity index (χ0n) is 11.7. The van der Waals surface area contributed by atoms with E-state index < -0.39 is 0 Å². The summed E-state index contributed by atoms with van der Waals surface area (Å²) >= 11 is 0. The summed E-state index contributed by atoms with van der Waals surface area (Å²) in [6.45, 7) is 4.61. The lowest BCUT2D eigenvalue weighted by Crippen LogP contribution is -2.19. The maximum absolute atomic E-state index is 5.79. The molecule has 0 amide bonds. The number of para-hydroxylation sites is 2. The summed E-state index contributed by atoms with van der Waals surface area (Å²) in [5.74, 6) is 2.80. The van der Waals surface area contributed by atoms with Crippen LogP contribution in [0.3, 0.4) is 0 Å². The van der Waals surface area contributed by atoms with Crippen LogP contribution in [-0.2, 0) is 0 Å². The number of pyridine rings is 1. The maximum Gasteiger partial charge on any atom is 0.142 e. The van der Waals surface area contributed by atoms with Crippen LogP contribution >= 0.6 is 0 Å². The third kappa shape index (κ3) is 2.54. The molecule has 4 heteroatoms. The highest BCUT2D eigenvalue weighted by Crippen LogP contribution is 2.35. The minimum Gasteiger partial charge on any atom is -0.491 e. The molecule has 1 aliphatic heterocycles. The van der Waals surface area contributed by atoms with Crippen LogP contribution in [0.2, 0.25) is 0 Å². The number of hydrogen-bond acceptors (Lipinski definition) is 4. The van der Waals surface area contributed by atoms with Gasteiger partial charge in [-0.05, 0) is 37.6 Å². The molecule has 1 aromatic heterocycles. The van der Waals surface area contributed by atoms with Crippen LogP contribution in [0.15, 0.2) is 42.5 Å². The van der Waals surface area contributed by atoms with Crippen molar-refractivity contribution in [3.63, 3.8) is 0 Å². The van der Waals surface area contributed by atoms with Gasteiger partial charge in [0.1, 0.15) is 17.4 Å². The minimum absolute atomic E-state index is 0.750. The highest BCUT2D eigenvalue weighted by molar-refractivity contribution is 5.68. The summed E-state index contributed by atoms with van der Waals surface area (Å²) in [6.07, 6.45) is 0.988. The molecule has 0 fully saturated rings. The monoisotopic (exact) mass is 269 g/mol. The Balaban J connectivity index is 1.98. The Morgan fingerprint density at radius 3 is 3.00 bits per heavy atom. The third-order valence-corrected chi connectivity index (χ3v) is 3.31. The molecule has 1 aromatic carbocycles. The van der Waals surface area contributed by atoms with Crippen LogP contribution in [0.4, 0.5) is 17.3 Å². The number of fused-ring (bicyclic) bond motifs is 1. The topological polar surface area (TPSA) is 37.4 Å². The fraction of sp³-hybridized carbons (Fsp3) is 0.312. The van der Waals surface area contributed by atoms with E-state index in [1.54, 1.807) is 0 Å². The van der Waals surface area contributed by atoms with Crippen LogP contribution in [0, 0.1) is 0 Å². The Morgan fingerprint density at radius 2 is 2.10 bits per heavy atom. The molecule has 2 heterocycles. The first-order chi connectivity index (χ1) is 9.88. The van der Waals surface area contributed by atoms with Crippen molar-refractivity contribution in [2.45, 2.75) is 13.3 Å². The molecule has 0 spiro atoms. The van der Waals surface area contributed by atoms with Crippen molar-refractivity contribution in [2.24, 2.45) is 0 Å². The molecule has 20 heavy (non-hydrogen) atoms. The van der Waals surface area contributed by atoms with E-state index in [2.05, 4.69) is 28.2 Å². The second-order valence-corrected chi connectivity index (χ2v) is 4.73. The summed E-state index contributed by atoms with van der Waals surface area (Å²) in [4.78, 5) is 6.91. The van der Waals surface area contributed by atoms with E-state index in [-0.39, 0.29) is 0 Å². The maximum atomic E-state index is 5.79. The fourth-order valence-corrected chi connectivity index (χ4v) is 2.42. The summed E-state index contributed by atoms with van der Waals surface area (Å²) in [5, 5.41) is 3.26. The smallest absolute Gasteiger partial charge is 0.142 e. The molecule has 2 aromatic rings. The van der Waals surface area contributed by atoms with E-state index in [0.29, 0.717) is 0 Å². The number of ether oxygens (including phenoxy) is 1. The SMILES string of the molecule is CCNc1cccc(N2CCCOc3ccccc32)n1. The van der Waals surface area contributed by atoms with Crippen molar-refractivity contribution in [3.8, 4) is 5.75 Å². The number of hydrogen-bond donors (Lipinski definition) is 1. The van der Waals surface area contributed by atoms with Gasteiger partial charge in [0, 0.05) is 13.1 Å². The van der Waals surface area contributed by atoms with Gasteiger partial charge in [0.25, 0.3) is 0 Å². The normalized spacial score (nSPS) is 14.2. The molecule has 0 atom stereocenters. The Kier molecular flexibility index (Phi) is 3.72. The molecule has 0 radical (unpaired) electrons. The summed E-state index contributed by atoms with van der Waals surface area (Å²) in [6, 6.07) is 14.2. The number of benzene rings is 1. The fourth-order valence-electron chi connectivity index (χ4n) is 2.42. The molecule has 0 bridgehead atoms. The first-order valence-electron chi connectivity index (χ1n) is 7.09. The van der Waals surface area contributed by atoms with E-state index in [9.17, 15) is 0 Å². The van der Waals surface area contributed by atoms with Gasteiger partial charge in [-0.3, -0.25) is 0 Å². The van der Waals surface area contributed by atoms with Crippen molar-refractivity contribution >= 4 is 17.3 Å². The Hall–Kier alpha value is -2.23. The quantitative estimate of drug-likeness (QED) is 0.926. The number of nitrogens with zero attached hydrogens (tertiary/aromatic N) is 2. The van der Waals surface area contributed by atoms with E-state index in [4.69, 9.17) is 4.74 Å². The summed E-state index contributed by atoms with van der Waals surface area (Å²) in [5.41, 5.74) is 1.09. The molecular formula is C16H19N3O. The zero-order chi connectivity index (χ0) is 13.8. The Labute approximate surface area is 119 Å². The standard InChI is InChI=1S/C16H19N3O/c1-2-17-15-9-5-10-16(18-15)19-11-6-12-20-14-8-4-3-7-13(14)19/h3-5,7-10H,2,6,11-12H2,1H3,(H,17,18). The van der Waals surface area contributed by atoms with Crippen LogP contribution in [0.1, 0.15) is 13.3 Å². The van der Waals surface area contributed by atoms with Gasteiger partial charge < -0.3 is 15.0 Å². The third-order valence-electron chi connectivity index (χ3n) is 3.31. The van der Waals surface area contributed by atoms with Crippen LogP contribution < -0.4 is 15.0 Å². The summed E-state index contributed by atoms with van der Waals surface area (Å²) in [7, 11) is 0. The predicted molar refractivity (Wildman–Crippen MR) is 82.0 cm³/mol. The predicted octanol–water partition coefficient (Wildman–Crippen LogP) is 3.43. The average Bonchev–Trinajstić information content (AvgIpc) is 2.70. The van der Waals surface area contributed by atoms with Crippen molar-refractivity contribution in [3.05, 3.63) is 42.5 Å². The molecule has 1 N–H and O–H groups in total. The number of rotatable bonds is 3. The lowest BCUT2D eigenvalue weighted by molar-refractivity contribution is 0.322. The van der Waals surface area contributed by atoms with Gasteiger partial charge >= 0.3 is 0 Å². The molecule has 0 aliphatic carbocycles. The second-order valence-electron chi connectivity index (χ2n) is 4.73. The summed E-state index contributed by atoms with van der Waals surface area (Å²) < 4.78 is 5.79. The molecule has 104 valence electrons. The van der Waals surface area contributed by atoms with Gasteiger partial charge in [0.05, 0.1) is 12.3 Å². The highest BCUT2D eigenvalue weighted by Gasteiger charge is 2.18. The number of anilines is 3. The largest absolute Gasteiger partial charge is 0.491 e. The first-order valence-corrected chi connectivity index (χ1v) is 7.09. The van der Waals surface area contributed by atoms with Gasteiger partial charge in [-0.25, -0.2) is 4.98 Å². The van der Waals surface area contributed by atoms with E-state index in [1.165, 1.54) is 0 Å². The zero-order valence-corrected chi connectivity index (χ0v) is 11.7. The number of aromatic nitrogens is 1. The average molecular weight is 269 g/mol. The van der Waals surface area contributed by atoms with Crippen LogP contribution in [-0.4, -0.2) is 24.7 Å². The lowest BCUT2D eigenvalue weighted by atomic mass is 10.2. The molecular weight excluding hydrogens is 250 g/mol. The van der Waals surface area contributed by atoms with Gasteiger partial charge in [-0.1, -0.05) is 18.2 Å². The van der Waals surface area contributed by atoms with Crippen LogP contribution in [0.25, 0.3) is 0 Å². The van der Waals surface area contributed by atoms with Crippen LogP contribution in [0.5, 0.6) is 5.75 Å². The van der Waals surface area contributed by atoms with Crippen molar-refractivity contribution in [1.82, 2.24) is 4.98 Å². The second kappa shape index (κ2) is 5.82. The molecule has 0 unspecified atom stereocenters. The van der Waals surface area contributed by atoms with Crippen molar-refractivity contribution in [1.29, 1.82) is 0 Å². The first kappa shape index (κ1) is 12.8. The van der Waals surface area contributed by atoms with Gasteiger partial charge in [-0.2, -0.15) is 0 Å². The Bertz CT molecular complexity index is 585. The molecule has 0 saturated heterocycles. The Morgan fingerprint density at radius 1 is 1.20 bits per heavy atom. The molecule has 4 nitrogen and oxygen atoms in total. The van der Waals surface area contributed by atoms with Gasteiger partial charge in [0.15, 0.2) is 0 Å².